The molecule has 1 aromatic heterocycles. The summed E-state index contributed by atoms with van der Waals surface area (Å²) in [6.07, 6.45) is 4.06. The number of imidazole rings is 1. The number of carbonyl (C=O) groups excluding carboxylic acids is 1. The quantitative estimate of drug-likeness (QED) is 0.593. The third kappa shape index (κ3) is 4.58. The van der Waals surface area contributed by atoms with Crippen molar-refractivity contribution in [3.8, 4) is 0 Å². The minimum absolute atomic E-state index is 0.0643. The molecule has 0 aliphatic heterocycles. The van der Waals surface area contributed by atoms with Crippen molar-refractivity contribution in [3.05, 3.63) is 89.0 Å². The van der Waals surface area contributed by atoms with Crippen LogP contribution in [0.1, 0.15) is 36.2 Å². The van der Waals surface area contributed by atoms with Crippen LogP contribution in [0, 0.1) is 0 Å². The van der Waals surface area contributed by atoms with Crippen molar-refractivity contribution in [1.82, 2.24) is 14.5 Å². The van der Waals surface area contributed by atoms with Crippen LogP contribution in [0.25, 0.3) is 0 Å². The Kier molecular flexibility index (Phi) is 6.30. The molecule has 1 heterocycles. The number of rotatable bonds is 7. The lowest BCUT2D eigenvalue weighted by Crippen LogP contribution is -2.29. The first-order chi connectivity index (χ1) is 13.1. The Labute approximate surface area is 165 Å². The molecule has 3 aromatic rings. The summed E-state index contributed by atoms with van der Waals surface area (Å²) in [6.45, 7) is 3.39. The molecule has 0 spiro atoms. The molecular weight excluding hydrogens is 358 g/mol. The smallest absolute Gasteiger partial charge is 0.223 e. The number of hydrogen-bond donors (Lipinski definition) is 0. The molecule has 0 bridgehead atoms. The predicted molar refractivity (Wildman–Crippen MR) is 109 cm³/mol. The maximum atomic E-state index is 13.0. The van der Waals surface area contributed by atoms with Gasteiger partial charge in [0.1, 0.15) is 5.82 Å². The first-order valence-corrected chi connectivity index (χ1v) is 9.51. The highest BCUT2D eigenvalue weighted by Crippen LogP contribution is 2.33. The van der Waals surface area contributed by atoms with Crippen LogP contribution in [-0.4, -0.2) is 27.4 Å². The Morgan fingerprint density at radius 1 is 1.15 bits per heavy atom. The van der Waals surface area contributed by atoms with Gasteiger partial charge in [0.05, 0.1) is 6.54 Å². The predicted octanol–water partition coefficient (Wildman–Crippen LogP) is 4.74. The lowest BCUT2D eigenvalue weighted by atomic mass is 9.88. The van der Waals surface area contributed by atoms with Crippen LogP contribution < -0.4 is 0 Å². The minimum atomic E-state index is -0.0826. The van der Waals surface area contributed by atoms with E-state index in [-0.39, 0.29) is 11.8 Å². The van der Waals surface area contributed by atoms with Crippen molar-refractivity contribution in [3.63, 3.8) is 0 Å². The van der Waals surface area contributed by atoms with Crippen molar-refractivity contribution in [1.29, 1.82) is 0 Å². The monoisotopic (exact) mass is 381 g/mol. The topological polar surface area (TPSA) is 38.1 Å². The molecule has 0 N–H and O–H groups in total. The molecule has 0 saturated carbocycles. The van der Waals surface area contributed by atoms with Gasteiger partial charge in [-0.05, 0) is 24.1 Å². The Hall–Kier alpha value is -2.59. The summed E-state index contributed by atoms with van der Waals surface area (Å²) >= 11 is 6.45. The number of amides is 1. The van der Waals surface area contributed by atoms with Gasteiger partial charge < -0.3 is 9.47 Å². The summed E-state index contributed by atoms with van der Waals surface area (Å²) < 4.78 is 2.05. The number of halogens is 1. The highest BCUT2D eigenvalue weighted by molar-refractivity contribution is 6.31. The van der Waals surface area contributed by atoms with Gasteiger partial charge in [-0.25, -0.2) is 4.98 Å². The van der Waals surface area contributed by atoms with Crippen LogP contribution >= 0.6 is 11.6 Å². The molecule has 2 aromatic carbocycles. The molecule has 0 aliphatic rings. The number of aromatic nitrogens is 2. The van der Waals surface area contributed by atoms with Crippen molar-refractivity contribution < 1.29 is 4.79 Å². The van der Waals surface area contributed by atoms with E-state index in [1.165, 1.54) is 0 Å². The van der Waals surface area contributed by atoms with Gasteiger partial charge in [-0.1, -0.05) is 60.1 Å². The highest BCUT2D eigenvalue weighted by atomic mass is 35.5. The van der Waals surface area contributed by atoms with Gasteiger partial charge in [0.2, 0.25) is 5.91 Å². The van der Waals surface area contributed by atoms with Crippen LogP contribution in [0.15, 0.2) is 67.0 Å². The Morgan fingerprint density at radius 3 is 2.56 bits per heavy atom. The molecule has 0 fully saturated rings. The maximum absolute atomic E-state index is 13.0. The maximum Gasteiger partial charge on any atom is 0.223 e. The SMILES string of the molecule is CCn1ccnc1CN(C)C(=O)CC(c1ccccc1)c1ccccc1Cl. The van der Waals surface area contributed by atoms with E-state index in [4.69, 9.17) is 11.6 Å². The molecule has 1 atom stereocenters. The normalized spacial score (nSPS) is 12.0. The molecule has 4 nitrogen and oxygen atoms in total. The fourth-order valence-corrected chi connectivity index (χ4v) is 3.53. The molecule has 0 radical (unpaired) electrons. The number of aryl methyl sites for hydroxylation is 1. The second-order valence-electron chi connectivity index (χ2n) is 6.57. The second-order valence-corrected chi connectivity index (χ2v) is 6.98. The van der Waals surface area contributed by atoms with Gasteiger partial charge in [0, 0.05) is 43.3 Å². The van der Waals surface area contributed by atoms with Crippen molar-refractivity contribution in [2.24, 2.45) is 0 Å². The van der Waals surface area contributed by atoms with Crippen LogP contribution in [0.5, 0.6) is 0 Å². The zero-order valence-corrected chi connectivity index (χ0v) is 16.4. The van der Waals surface area contributed by atoms with E-state index in [1.54, 1.807) is 11.1 Å². The standard InChI is InChI=1S/C22H24ClN3O/c1-3-26-14-13-24-21(26)16-25(2)22(27)15-19(17-9-5-4-6-10-17)18-11-7-8-12-20(18)23/h4-14,19H,3,15-16H2,1-2H3. The Balaban J connectivity index is 1.81. The summed E-state index contributed by atoms with van der Waals surface area (Å²) in [6, 6.07) is 17.8. The van der Waals surface area contributed by atoms with Gasteiger partial charge in [0.25, 0.3) is 0 Å². The zero-order chi connectivity index (χ0) is 19.2. The average Bonchev–Trinajstić information content (AvgIpc) is 3.14. The molecule has 140 valence electrons. The number of nitrogens with zero attached hydrogens (tertiary/aromatic N) is 3. The number of hydrogen-bond acceptors (Lipinski definition) is 2. The zero-order valence-electron chi connectivity index (χ0n) is 15.7. The fourth-order valence-electron chi connectivity index (χ4n) is 3.26. The molecule has 0 aliphatic carbocycles. The van der Waals surface area contributed by atoms with Gasteiger partial charge in [-0.15, -0.1) is 0 Å². The largest absolute Gasteiger partial charge is 0.338 e. The van der Waals surface area contributed by atoms with E-state index in [0.29, 0.717) is 18.0 Å². The Bertz CT molecular complexity index is 891. The van der Waals surface area contributed by atoms with E-state index >= 15 is 0 Å². The third-order valence-electron chi connectivity index (χ3n) is 4.81. The number of carbonyl (C=O) groups is 1. The first kappa shape index (κ1) is 19.2. The van der Waals surface area contributed by atoms with E-state index in [1.807, 2.05) is 72.4 Å². The summed E-state index contributed by atoms with van der Waals surface area (Å²) in [5.41, 5.74) is 2.06. The average molecular weight is 382 g/mol. The molecule has 1 unspecified atom stereocenters. The summed E-state index contributed by atoms with van der Waals surface area (Å²) in [5, 5.41) is 0.684. The minimum Gasteiger partial charge on any atom is -0.338 e. The highest BCUT2D eigenvalue weighted by Gasteiger charge is 2.23. The van der Waals surface area contributed by atoms with Crippen LogP contribution in [0.4, 0.5) is 0 Å². The van der Waals surface area contributed by atoms with Crippen molar-refractivity contribution >= 4 is 17.5 Å². The second kappa shape index (κ2) is 8.87. The Morgan fingerprint density at radius 2 is 1.85 bits per heavy atom. The van der Waals surface area contributed by atoms with Gasteiger partial charge in [-0.2, -0.15) is 0 Å². The van der Waals surface area contributed by atoms with E-state index in [2.05, 4.69) is 11.9 Å². The van der Waals surface area contributed by atoms with E-state index in [0.717, 1.165) is 23.5 Å². The first-order valence-electron chi connectivity index (χ1n) is 9.13. The van der Waals surface area contributed by atoms with E-state index < -0.39 is 0 Å². The molecule has 0 saturated heterocycles. The van der Waals surface area contributed by atoms with Crippen molar-refractivity contribution in [2.75, 3.05) is 7.05 Å². The van der Waals surface area contributed by atoms with Crippen LogP contribution in [-0.2, 0) is 17.9 Å². The number of benzene rings is 2. The summed E-state index contributed by atoms with van der Waals surface area (Å²) in [7, 11) is 1.83. The lowest BCUT2D eigenvalue weighted by molar-refractivity contribution is -0.130. The van der Waals surface area contributed by atoms with Gasteiger partial charge in [0.15, 0.2) is 0 Å². The summed E-state index contributed by atoms with van der Waals surface area (Å²) in [5.74, 6) is 0.873. The van der Waals surface area contributed by atoms with Gasteiger partial charge in [-0.3, -0.25) is 4.79 Å². The van der Waals surface area contributed by atoms with Crippen LogP contribution in [0.3, 0.4) is 0 Å². The lowest BCUT2D eigenvalue weighted by Gasteiger charge is -2.23. The third-order valence-corrected chi connectivity index (χ3v) is 5.15. The molecule has 3 rings (SSSR count). The van der Waals surface area contributed by atoms with Crippen molar-refractivity contribution in [2.45, 2.75) is 32.4 Å². The molecular formula is C22H24ClN3O. The van der Waals surface area contributed by atoms with E-state index in [9.17, 15) is 4.79 Å². The summed E-state index contributed by atoms with van der Waals surface area (Å²) in [4.78, 5) is 19.1. The van der Waals surface area contributed by atoms with Crippen LogP contribution in [0.2, 0.25) is 5.02 Å². The molecule has 5 heteroatoms. The molecule has 27 heavy (non-hydrogen) atoms. The van der Waals surface area contributed by atoms with Gasteiger partial charge >= 0.3 is 0 Å². The fraction of sp³-hybridized carbons (Fsp3) is 0.273. The molecule has 1 amide bonds.